The molecule has 6 nitrogen and oxygen atoms in total. The number of halogens is 2. The predicted octanol–water partition coefficient (Wildman–Crippen LogP) is 3.62. The zero-order chi connectivity index (χ0) is 19.2. The van der Waals surface area contributed by atoms with Crippen LogP contribution in [0.3, 0.4) is 0 Å². The lowest BCUT2D eigenvalue weighted by molar-refractivity contribution is 0.374. The van der Waals surface area contributed by atoms with Gasteiger partial charge in [0.25, 0.3) is 10.1 Å². The molecule has 0 bridgehead atoms. The minimum absolute atomic E-state index is 0.0666. The third-order valence-electron chi connectivity index (χ3n) is 3.33. The van der Waals surface area contributed by atoms with Crippen LogP contribution >= 0.6 is 23.2 Å². The van der Waals surface area contributed by atoms with E-state index in [1.54, 1.807) is 30.3 Å². The van der Waals surface area contributed by atoms with Crippen LogP contribution < -0.4 is 10.1 Å². The number of hydrogen-bond donors (Lipinski definition) is 2. The Morgan fingerprint density at radius 2 is 1.77 bits per heavy atom. The molecule has 0 radical (unpaired) electrons. The Labute approximate surface area is 162 Å². The fourth-order valence-corrected chi connectivity index (χ4v) is 3.00. The topological polar surface area (TPSA) is 88.0 Å². The Hall–Kier alpha value is -1.80. The van der Waals surface area contributed by atoms with Gasteiger partial charge >= 0.3 is 0 Å². The smallest absolute Gasteiger partial charge is 0.294 e. The van der Waals surface area contributed by atoms with Crippen molar-refractivity contribution in [2.45, 2.75) is 11.8 Å². The number of aliphatic imine (C=N–C) groups is 1. The number of nitrogens with one attached hydrogen (secondary N) is 1. The van der Waals surface area contributed by atoms with E-state index in [-0.39, 0.29) is 4.90 Å². The minimum Gasteiger partial charge on any atom is -0.483 e. The van der Waals surface area contributed by atoms with Gasteiger partial charge in [0.1, 0.15) is 12.4 Å². The molecule has 26 heavy (non-hydrogen) atoms. The van der Waals surface area contributed by atoms with Crippen LogP contribution in [0.5, 0.6) is 5.75 Å². The lowest BCUT2D eigenvalue weighted by atomic mass is 10.2. The zero-order valence-corrected chi connectivity index (χ0v) is 16.3. The van der Waals surface area contributed by atoms with Gasteiger partial charge in [-0.05, 0) is 31.2 Å². The maximum atomic E-state index is 10.5. The van der Waals surface area contributed by atoms with Crippen LogP contribution in [0.2, 0.25) is 10.0 Å². The van der Waals surface area contributed by atoms with E-state index in [1.165, 1.54) is 12.1 Å². The van der Waals surface area contributed by atoms with Crippen molar-refractivity contribution < 1.29 is 17.7 Å². The Balaban J connectivity index is 0.000000197. The van der Waals surface area contributed by atoms with Gasteiger partial charge in [0, 0.05) is 6.54 Å². The molecule has 0 saturated carbocycles. The molecule has 0 aliphatic carbocycles. The number of hydrogen-bond acceptors (Lipinski definition) is 5. The van der Waals surface area contributed by atoms with Crippen molar-refractivity contribution in [3.63, 3.8) is 0 Å². The molecule has 2 aromatic rings. The molecule has 1 aliphatic heterocycles. The summed E-state index contributed by atoms with van der Waals surface area (Å²) < 4.78 is 35.0. The number of benzene rings is 2. The van der Waals surface area contributed by atoms with Gasteiger partial charge in [-0.15, -0.1) is 0 Å². The highest BCUT2D eigenvalue weighted by Gasteiger charge is 2.10. The number of para-hydroxylation sites is 1. The average molecular weight is 417 g/mol. The summed E-state index contributed by atoms with van der Waals surface area (Å²) in [6.45, 7) is 3.89. The molecule has 0 unspecified atom stereocenters. The van der Waals surface area contributed by atoms with Gasteiger partial charge in [0.15, 0.2) is 5.75 Å². The van der Waals surface area contributed by atoms with Gasteiger partial charge in [0.2, 0.25) is 0 Å². The summed E-state index contributed by atoms with van der Waals surface area (Å²) in [7, 11) is -4.02. The van der Waals surface area contributed by atoms with Crippen molar-refractivity contribution in [1.82, 2.24) is 5.32 Å². The summed E-state index contributed by atoms with van der Waals surface area (Å²) in [5.74, 6) is 1.35. The lowest BCUT2D eigenvalue weighted by Gasteiger charge is -2.09. The van der Waals surface area contributed by atoms with Crippen molar-refractivity contribution in [2.24, 2.45) is 4.99 Å². The van der Waals surface area contributed by atoms with E-state index in [9.17, 15) is 8.42 Å². The number of nitrogens with zero attached hydrogens (tertiary/aromatic N) is 1. The van der Waals surface area contributed by atoms with Gasteiger partial charge in [-0.3, -0.25) is 9.55 Å². The van der Waals surface area contributed by atoms with Crippen molar-refractivity contribution in [3.05, 3.63) is 58.1 Å². The fraction of sp³-hybridized carbons (Fsp3) is 0.235. The number of ether oxygens (including phenoxy) is 1. The molecule has 3 rings (SSSR count). The maximum absolute atomic E-state index is 10.5. The molecular weight excluding hydrogens is 399 g/mol. The normalized spacial score (nSPS) is 13.3. The number of amidine groups is 1. The van der Waals surface area contributed by atoms with Gasteiger partial charge < -0.3 is 10.1 Å². The first-order valence-corrected chi connectivity index (χ1v) is 9.85. The maximum Gasteiger partial charge on any atom is 0.294 e. The van der Waals surface area contributed by atoms with Gasteiger partial charge in [0.05, 0.1) is 21.5 Å². The van der Waals surface area contributed by atoms with Crippen molar-refractivity contribution in [1.29, 1.82) is 0 Å². The first-order valence-electron chi connectivity index (χ1n) is 7.65. The molecule has 0 aromatic heterocycles. The second-order valence-corrected chi connectivity index (χ2v) is 7.62. The Kier molecular flexibility index (Phi) is 7.28. The SMILES string of the molecule is Cc1ccc(S(=O)(=O)O)cc1.Clc1cccc(Cl)c1OCC1=NCCN1. The second kappa shape index (κ2) is 9.23. The van der Waals surface area contributed by atoms with Crippen molar-refractivity contribution in [3.8, 4) is 5.75 Å². The van der Waals surface area contributed by atoms with Crippen molar-refractivity contribution >= 4 is 39.2 Å². The molecule has 1 heterocycles. The predicted molar refractivity (Wildman–Crippen MR) is 103 cm³/mol. The van der Waals surface area contributed by atoms with E-state index >= 15 is 0 Å². The van der Waals surface area contributed by atoms with Crippen LogP contribution in [0, 0.1) is 6.92 Å². The molecule has 0 spiro atoms. The molecule has 0 saturated heterocycles. The minimum atomic E-state index is -4.02. The molecule has 9 heteroatoms. The Bertz CT molecular complexity index is 864. The van der Waals surface area contributed by atoms with Gasteiger partial charge in [-0.2, -0.15) is 8.42 Å². The van der Waals surface area contributed by atoms with Gasteiger partial charge in [-0.25, -0.2) is 0 Å². The third-order valence-corrected chi connectivity index (χ3v) is 4.80. The third kappa shape index (κ3) is 6.17. The number of aryl methyl sites for hydroxylation is 1. The highest BCUT2D eigenvalue weighted by atomic mass is 35.5. The van der Waals surface area contributed by atoms with Gasteiger partial charge in [-0.1, -0.05) is 47.0 Å². The molecular formula is C17H18Cl2N2O4S. The van der Waals surface area contributed by atoms with E-state index in [1.807, 2.05) is 6.92 Å². The van der Waals surface area contributed by atoms with Crippen LogP contribution in [-0.4, -0.2) is 38.5 Å². The average Bonchev–Trinajstić information content (AvgIpc) is 3.08. The van der Waals surface area contributed by atoms with E-state index < -0.39 is 10.1 Å². The summed E-state index contributed by atoms with van der Waals surface area (Å²) >= 11 is 11.9. The quantitative estimate of drug-likeness (QED) is 0.742. The second-order valence-electron chi connectivity index (χ2n) is 5.38. The Morgan fingerprint density at radius 1 is 1.15 bits per heavy atom. The largest absolute Gasteiger partial charge is 0.483 e. The molecule has 2 N–H and O–H groups in total. The van der Waals surface area contributed by atoms with Crippen LogP contribution in [0.15, 0.2) is 52.4 Å². The van der Waals surface area contributed by atoms with Crippen LogP contribution in [0.4, 0.5) is 0 Å². The number of rotatable bonds is 4. The fourth-order valence-electron chi connectivity index (χ4n) is 2.01. The lowest BCUT2D eigenvalue weighted by Crippen LogP contribution is -2.25. The molecule has 0 fully saturated rings. The zero-order valence-electron chi connectivity index (χ0n) is 13.9. The molecule has 0 amide bonds. The highest BCUT2D eigenvalue weighted by Crippen LogP contribution is 2.32. The molecule has 0 atom stereocenters. The van der Waals surface area contributed by atoms with E-state index in [4.69, 9.17) is 32.5 Å². The molecule has 140 valence electrons. The summed E-state index contributed by atoms with van der Waals surface area (Å²) in [6.07, 6.45) is 0. The van der Waals surface area contributed by atoms with Crippen molar-refractivity contribution in [2.75, 3.05) is 19.7 Å². The van der Waals surface area contributed by atoms with Crippen LogP contribution in [0.1, 0.15) is 5.56 Å². The van der Waals surface area contributed by atoms with E-state index in [0.29, 0.717) is 22.4 Å². The summed E-state index contributed by atoms with van der Waals surface area (Å²) in [4.78, 5) is 4.14. The summed E-state index contributed by atoms with van der Waals surface area (Å²) in [5, 5.41) is 4.13. The van der Waals surface area contributed by atoms with Crippen LogP contribution in [-0.2, 0) is 10.1 Å². The summed E-state index contributed by atoms with van der Waals surface area (Å²) in [6, 6.07) is 11.3. The standard InChI is InChI=1S/C10H10Cl2N2O.C7H8O3S/c11-7-2-1-3-8(12)10(7)15-6-9-13-4-5-14-9;1-6-2-4-7(5-3-6)11(8,9)10/h1-3H,4-6H2,(H,13,14);2-5H,1H3,(H,8,9,10). The van der Waals surface area contributed by atoms with E-state index in [2.05, 4.69) is 10.3 Å². The van der Waals surface area contributed by atoms with E-state index in [0.717, 1.165) is 24.5 Å². The first-order chi connectivity index (χ1) is 12.3. The highest BCUT2D eigenvalue weighted by molar-refractivity contribution is 7.85. The Morgan fingerprint density at radius 3 is 2.27 bits per heavy atom. The molecule has 2 aromatic carbocycles. The van der Waals surface area contributed by atoms with Crippen LogP contribution in [0.25, 0.3) is 0 Å². The monoisotopic (exact) mass is 416 g/mol. The molecule has 1 aliphatic rings. The first kappa shape index (κ1) is 20.5. The summed E-state index contributed by atoms with van der Waals surface area (Å²) in [5.41, 5.74) is 0.956.